The molecule has 0 aliphatic carbocycles. The summed E-state index contributed by atoms with van der Waals surface area (Å²) in [5, 5.41) is 12.6. The molecule has 0 bridgehead atoms. The highest BCUT2D eigenvalue weighted by Gasteiger charge is 2.23. The van der Waals surface area contributed by atoms with E-state index in [0.29, 0.717) is 10.2 Å². The normalized spacial score (nSPS) is 11.5. The number of carbonyl (C=O) groups excluding carboxylic acids is 1. The van der Waals surface area contributed by atoms with Gasteiger partial charge in [0, 0.05) is 11.1 Å². The number of rotatable bonds is 5. The van der Waals surface area contributed by atoms with Gasteiger partial charge in [0.15, 0.2) is 0 Å². The summed E-state index contributed by atoms with van der Waals surface area (Å²) in [6.45, 7) is 7.35. The van der Waals surface area contributed by atoms with Crippen molar-refractivity contribution in [2.75, 3.05) is 5.32 Å². The largest absolute Gasteiger partial charge is 0.477 e. The number of pyridine rings is 1. The molecule has 7 heteroatoms. The lowest BCUT2D eigenvalue weighted by Gasteiger charge is -2.19. The molecule has 0 aromatic carbocycles. The van der Waals surface area contributed by atoms with E-state index in [1.54, 1.807) is 20.8 Å². The highest BCUT2D eigenvalue weighted by Crippen LogP contribution is 2.35. The molecule has 0 unspecified atom stereocenters. The molecule has 0 aliphatic heterocycles. The molecule has 0 spiro atoms. The minimum Gasteiger partial charge on any atom is -0.477 e. The second-order valence-electron chi connectivity index (χ2n) is 6.50. The lowest BCUT2D eigenvalue weighted by molar-refractivity contribution is 0.0636. The van der Waals surface area contributed by atoms with Gasteiger partial charge in [0.05, 0.1) is 5.69 Å². The molecule has 2 heterocycles. The minimum atomic E-state index is -1.10. The summed E-state index contributed by atoms with van der Waals surface area (Å²) in [5.74, 6) is -1.10. The molecule has 6 nitrogen and oxygen atoms in total. The number of carboxylic acid groups (broad SMARTS) is 1. The van der Waals surface area contributed by atoms with E-state index in [1.165, 1.54) is 0 Å². The minimum absolute atomic E-state index is 0.0519. The Morgan fingerprint density at radius 3 is 2.62 bits per heavy atom. The Balaban J connectivity index is 2.38. The van der Waals surface area contributed by atoms with Gasteiger partial charge in [-0.15, -0.1) is 11.3 Å². The maximum Gasteiger partial charge on any atom is 0.412 e. The Morgan fingerprint density at radius 1 is 1.33 bits per heavy atom. The number of anilines is 1. The van der Waals surface area contributed by atoms with E-state index in [1.807, 2.05) is 12.1 Å². The van der Waals surface area contributed by atoms with Crippen LogP contribution >= 0.6 is 11.3 Å². The standard InChI is InChI=1S/C17H22N2O4S/c1-5-6-7-10-8-9-11-12(19-16(22)23-17(2,3)4)13(15(20)21)24-14(11)18-10/h8-9H,5-7H2,1-4H3,(H,19,22)(H,20,21). The number of thiophene rings is 1. The molecule has 2 aromatic rings. The van der Waals surface area contributed by atoms with Crippen LogP contribution in [0.15, 0.2) is 12.1 Å². The van der Waals surface area contributed by atoms with Crippen molar-refractivity contribution < 1.29 is 19.4 Å². The third-order valence-corrected chi connectivity index (χ3v) is 4.31. The zero-order valence-corrected chi connectivity index (χ0v) is 15.1. The van der Waals surface area contributed by atoms with Crippen molar-refractivity contribution in [1.29, 1.82) is 0 Å². The van der Waals surface area contributed by atoms with E-state index >= 15 is 0 Å². The number of hydrogen-bond acceptors (Lipinski definition) is 5. The average molecular weight is 350 g/mol. The summed E-state index contributed by atoms with van der Waals surface area (Å²) in [7, 11) is 0. The van der Waals surface area contributed by atoms with Gasteiger partial charge in [-0.2, -0.15) is 0 Å². The maximum atomic E-state index is 12.0. The first-order chi connectivity index (χ1) is 11.2. The molecule has 0 fully saturated rings. The number of hydrogen-bond donors (Lipinski definition) is 2. The number of unbranched alkanes of at least 4 members (excludes halogenated alkanes) is 1. The molecule has 130 valence electrons. The third-order valence-electron chi connectivity index (χ3n) is 3.22. The number of nitrogens with one attached hydrogen (secondary N) is 1. The van der Waals surface area contributed by atoms with Crippen molar-refractivity contribution >= 4 is 39.3 Å². The zero-order chi connectivity index (χ0) is 17.9. The molecule has 0 atom stereocenters. The lowest BCUT2D eigenvalue weighted by Crippen LogP contribution is -2.27. The van der Waals surface area contributed by atoms with Crippen molar-refractivity contribution in [1.82, 2.24) is 4.98 Å². The summed E-state index contributed by atoms with van der Waals surface area (Å²) in [4.78, 5) is 28.7. The molecule has 0 saturated heterocycles. The summed E-state index contributed by atoms with van der Waals surface area (Å²) in [6.07, 6.45) is 2.26. The van der Waals surface area contributed by atoms with Gasteiger partial charge in [0.1, 0.15) is 15.3 Å². The molecule has 0 radical (unpaired) electrons. The van der Waals surface area contributed by atoms with Crippen molar-refractivity contribution in [3.05, 3.63) is 22.7 Å². The maximum absolute atomic E-state index is 12.0. The van der Waals surface area contributed by atoms with Crippen molar-refractivity contribution in [2.24, 2.45) is 0 Å². The van der Waals surface area contributed by atoms with Crippen molar-refractivity contribution in [3.8, 4) is 0 Å². The van der Waals surface area contributed by atoms with Crippen LogP contribution in [-0.4, -0.2) is 27.8 Å². The van der Waals surface area contributed by atoms with E-state index in [9.17, 15) is 14.7 Å². The number of carboxylic acids is 1. The van der Waals surface area contributed by atoms with E-state index in [-0.39, 0.29) is 10.6 Å². The van der Waals surface area contributed by atoms with Crippen LogP contribution in [0.5, 0.6) is 0 Å². The van der Waals surface area contributed by atoms with Gasteiger partial charge in [-0.05, 0) is 45.7 Å². The number of aromatic carboxylic acids is 1. The van der Waals surface area contributed by atoms with E-state index < -0.39 is 17.7 Å². The van der Waals surface area contributed by atoms with E-state index in [2.05, 4.69) is 17.2 Å². The Kier molecular flexibility index (Phi) is 5.43. The molecule has 0 saturated carbocycles. The quantitative estimate of drug-likeness (QED) is 0.817. The highest BCUT2D eigenvalue weighted by atomic mass is 32.1. The average Bonchev–Trinajstić information content (AvgIpc) is 2.81. The topological polar surface area (TPSA) is 88.5 Å². The number of fused-ring (bicyclic) bond motifs is 1. The Labute approximate surface area is 144 Å². The highest BCUT2D eigenvalue weighted by molar-refractivity contribution is 7.21. The molecular weight excluding hydrogens is 328 g/mol. The van der Waals surface area contributed by atoms with Gasteiger partial charge in [-0.3, -0.25) is 5.32 Å². The fourth-order valence-electron chi connectivity index (χ4n) is 2.19. The van der Waals surface area contributed by atoms with Crippen LogP contribution in [0.1, 0.15) is 55.9 Å². The van der Waals surface area contributed by atoms with Crippen LogP contribution in [0, 0.1) is 0 Å². The lowest BCUT2D eigenvalue weighted by atomic mass is 10.1. The SMILES string of the molecule is CCCCc1ccc2c(NC(=O)OC(C)(C)C)c(C(=O)O)sc2n1. The summed E-state index contributed by atoms with van der Waals surface area (Å²) in [6, 6.07) is 3.68. The predicted octanol–water partition coefficient (Wildman–Crippen LogP) is 4.68. The fraction of sp³-hybridized carbons (Fsp3) is 0.471. The third kappa shape index (κ3) is 4.44. The molecule has 2 aromatic heterocycles. The molecule has 24 heavy (non-hydrogen) atoms. The number of amides is 1. The number of ether oxygens (including phenoxy) is 1. The van der Waals surface area contributed by atoms with Gasteiger partial charge in [0.25, 0.3) is 0 Å². The van der Waals surface area contributed by atoms with Crippen molar-refractivity contribution in [3.63, 3.8) is 0 Å². The van der Waals surface area contributed by atoms with Crippen LogP contribution in [0.3, 0.4) is 0 Å². The molecule has 0 aliphatic rings. The second-order valence-corrected chi connectivity index (χ2v) is 7.50. The van der Waals surface area contributed by atoms with Crippen LogP contribution < -0.4 is 5.32 Å². The van der Waals surface area contributed by atoms with Gasteiger partial charge >= 0.3 is 12.1 Å². The Hall–Kier alpha value is -2.15. The second kappa shape index (κ2) is 7.17. The van der Waals surface area contributed by atoms with Gasteiger partial charge < -0.3 is 9.84 Å². The Bertz CT molecular complexity index is 762. The molecule has 1 amide bonds. The molecular formula is C17H22N2O4S. The van der Waals surface area contributed by atoms with Gasteiger partial charge in [-0.1, -0.05) is 13.3 Å². The van der Waals surface area contributed by atoms with Crippen LogP contribution in [0.2, 0.25) is 0 Å². The first kappa shape index (κ1) is 18.2. The van der Waals surface area contributed by atoms with Crippen LogP contribution in [-0.2, 0) is 11.2 Å². The van der Waals surface area contributed by atoms with E-state index in [4.69, 9.17) is 4.74 Å². The number of carbonyl (C=O) groups is 2. The Morgan fingerprint density at radius 2 is 2.04 bits per heavy atom. The van der Waals surface area contributed by atoms with Crippen LogP contribution in [0.25, 0.3) is 10.2 Å². The smallest absolute Gasteiger partial charge is 0.412 e. The van der Waals surface area contributed by atoms with E-state index in [0.717, 1.165) is 36.3 Å². The van der Waals surface area contributed by atoms with Crippen LogP contribution in [0.4, 0.5) is 10.5 Å². The fourth-order valence-corrected chi connectivity index (χ4v) is 3.18. The summed E-state index contributed by atoms with van der Waals surface area (Å²) < 4.78 is 5.21. The predicted molar refractivity (Wildman–Crippen MR) is 95.0 cm³/mol. The first-order valence-electron chi connectivity index (χ1n) is 7.87. The number of nitrogens with zero attached hydrogens (tertiary/aromatic N) is 1. The summed E-state index contributed by atoms with van der Waals surface area (Å²) in [5.41, 5.74) is 0.503. The van der Waals surface area contributed by atoms with Gasteiger partial charge in [-0.25, -0.2) is 14.6 Å². The molecule has 2 rings (SSSR count). The molecule has 2 N–H and O–H groups in total. The van der Waals surface area contributed by atoms with Crippen molar-refractivity contribution in [2.45, 2.75) is 52.6 Å². The number of aromatic nitrogens is 1. The zero-order valence-electron chi connectivity index (χ0n) is 14.3. The summed E-state index contributed by atoms with van der Waals surface area (Å²) >= 11 is 1.06. The van der Waals surface area contributed by atoms with Gasteiger partial charge in [0.2, 0.25) is 0 Å². The number of aryl methyl sites for hydroxylation is 1. The monoisotopic (exact) mass is 350 g/mol. The first-order valence-corrected chi connectivity index (χ1v) is 8.68.